The Balaban J connectivity index is 3.01. The van der Waals surface area contributed by atoms with Gasteiger partial charge in [-0.15, -0.1) is 0 Å². The Kier molecular flexibility index (Phi) is 2.61. The summed E-state index contributed by atoms with van der Waals surface area (Å²) in [6.45, 7) is 2.10. The van der Waals surface area contributed by atoms with E-state index in [0.29, 0.717) is 0 Å². The fraction of sp³-hybridized carbons (Fsp3) is 0.143. The van der Waals surface area contributed by atoms with Crippen molar-refractivity contribution < 1.29 is 0 Å². The normalized spacial score (nSPS) is 9.56. The topological polar surface area (TPSA) is 0 Å². The quantitative estimate of drug-likeness (QED) is 0.601. The molecule has 2 radical (unpaired) electrons. The van der Waals surface area contributed by atoms with Gasteiger partial charge in [0.1, 0.15) is 0 Å². The third kappa shape index (κ3) is 1.73. The third-order valence-electron chi connectivity index (χ3n) is 1.25. The predicted octanol–water partition coefficient (Wildman–Crippen LogP) is 1.48. The Hall–Kier alpha value is 0.0529. The molecule has 1 aromatic rings. The van der Waals surface area contributed by atoms with Gasteiger partial charge in [-0.2, -0.15) is 0 Å². The van der Waals surface area contributed by atoms with E-state index in [2.05, 4.69) is 19.1 Å². The van der Waals surface area contributed by atoms with Gasteiger partial charge in [-0.1, -0.05) is 0 Å². The van der Waals surface area contributed by atoms with Gasteiger partial charge in [0.15, 0.2) is 0 Å². The number of benzene rings is 1. The van der Waals surface area contributed by atoms with E-state index >= 15 is 0 Å². The van der Waals surface area contributed by atoms with Crippen LogP contribution in [0, 0.1) is 6.92 Å². The molecule has 0 bridgehead atoms. The average Bonchev–Trinajstić information content (AvgIpc) is 1.89. The summed E-state index contributed by atoms with van der Waals surface area (Å²) in [5.41, 5.74) is 1.33. The van der Waals surface area contributed by atoms with Crippen molar-refractivity contribution in [3.8, 4) is 0 Å². The molecule has 0 atom stereocenters. The van der Waals surface area contributed by atoms with Crippen LogP contribution in [0.2, 0.25) is 0 Å². The molecule has 0 N–H and O–H groups in total. The van der Waals surface area contributed by atoms with Crippen molar-refractivity contribution in [3.63, 3.8) is 0 Å². The molecule has 0 aromatic heterocycles. The maximum absolute atomic E-state index is 5.76. The first-order valence-corrected chi connectivity index (χ1v) is 6.57. The summed E-state index contributed by atoms with van der Waals surface area (Å²) in [7, 11) is 5.76. The van der Waals surface area contributed by atoms with Crippen molar-refractivity contribution in [2.75, 3.05) is 0 Å². The van der Waals surface area contributed by atoms with Crippen LogP contribution in [-0.4, -0.2) is 14.5 Å². The van der Waals surface area contributed by atoms with E-state index in [1.54, 1.807) is 0 Å². The Labute approximate surface area is 65.9 Å². The van der Waals surface area contributed by atoms with Crippen molar-refractivity contribution >= 4 is 28.9 Å². The fourth-order valence-corrected chi connectivity index (χ4v) is 2.60. The summed E-state index contributed by atoms with van der Waals surface area (Å²) < 4.78 is 1.35. The van der Waals surface area contributed by atoms with E-state index in [-0.39, 0.29) is 14.5 Å². The Morgan fingerprint density at radius 3 is 2.44 bits per heavy atom. The van der Waals surface area contributed by atoms with Gasteiger partial charge >= 0.3 is 65.7 Å². The summed E-state index contributed by atoms with van der Waals surface area (Å²) >= 11 is -0.357. The maximum atomic E-state index is 5.76. The van der Waals surface area contributed by atoms with E-state index in [1.807, 2.05) is 12.1 Å². The summed E-state index contributed by atoms with van der Waals surface area (Å²) in [6, 6.07) is 8.27. The number of rotatable bonds is 1. The van der Waals surface area contributed by atoms with Crippen molar-refractivity contribution in [1.29, 1.82) is 0 Å². The summed E-state index contributed by atoms with van der Waals surface area (Å²) in [5.74, 6) is 0. The van der Waals surface area contributed by atoms with Gasteiger partial charge in [0, 0.05) is 0 Å². The molecule has 1 rings (SSSR count). The molecule has 0 fully saturated rings. The second-order valence-electron chi connectivity index (χ2n) is 1.91. The molecular formula is C7H7ClGe. The van der Waals surface area contributed by atoms with Crippen LogP contribution in [-0.2, 0) is 0 Å². The van der Waals surface area contributed by atoms with Gasteiger partial charge < -0.3 is 0 Å². The minimum absolute atomic E-state index is 0.357. The zero-order valence-electron chi connectivity index (χ0n) is 5.19. The number of hydrogen-bond acceptors (Lipinski definition) is 0. The Morgan fingerprint density at radius 2 is 2.00 bits per heavy atom. The number of halogens is 1. The van der Waals surface area contributed by atoms with E-state index in [9.17, 15) is 0 Å². The molecule has 0 aliphatic carbocycles. The van der Waals surface area contributed by atoms with Crippen LogP contribution >= 0.6 is 10.0 Å². The molecule has 0 saturated carbocycles. The van der Waals surface area contributed by atoms with Crippen molar-refractivity contribution in [1.82, 2.24) is 0 Å². The van der Waals surface area contributed by atoms with Crippen molar-refractivity contribution in [2.45, 2.75) is 6.92 Å². The first kappa shape index (κ1) is 7.16. The molecule has 46 valence electrons. The standard InChI is InChI=1S/C7H7ClGe/c1-6-4-2-3-5-7(6)9-8/h2-5H,1H3. The summed E-state index contributed by atoms with van der Waals surface area (Å²) in [4.78, 5) is 0. The monoisotopic (exact) mass is 200 g/mol. The number of aryl methyl sites for hydroxylation is 1. The van der Waals surface area contributed by atoms with E-state index in [4.69, 9.17) is 10.0 Å². The van der Waals surface area contributed by atoms with Crippen LogP contribution < -0.4 is 4.40 Å². The molecule has 0 heterocycles. The zero-order valence-corrected chi connectivity index (χ0v) is 8.04. The van der Waals surface area contributed by atoms with Crippen LogP contribution in [0.3, 0.4) is 0 Å². The van der Waals surface area contributed by atoms with E-state index in [0.717, 1.165) is 0 Å². The molecule has 1 aromatic carbocycles. The molecule has 0 spiro atoms. The van der Waals surface area contributed by atoms with Gasteiger partial charge in [0.05, 0.1) is 0 Å². The molecule has 2 heteroatoms. The van der Waals surface area contributed by atoms with Crippen LogP contribution in [0.15, 0.2) is 24.3 Å². The van der Waals surface area contributed by atoms with Crippen LogP contribution in [0.1, 0.15) is 5.56 Å². The Morgan fingerprint density at radius 1 is 1.33 bits per heavy atom. The molecule has 0 nitrogen and oxygen atoms in total. The minimum atomic E-state index is -0.357. The molecule has 0 aliphatic rings. The molecular weight excluding hydrogens is 192 g/mol. The average molecular weight is 199 g/mol. The van der Waals surface area contributed by atoms with Crippen LogP contribution in [0.25, 0.3) is 0 Å². The molecule has 0 unspecified atom stereocenters. The van der Waals surface area contributed by atoms with Crippen molar-refractivity contribution in [2.24, 2.45) is 0 Å². The van der Waals surface area contributed by atoms with Gasteiger partial charge in [-0.25, -0.2) is 0 Å². The first-order valence-electron chi connectivity index (χ1n) is 2.77. The summed E-state index contributed by atoms with van der Waals surface area (Å²) in [6.07, 6.45) is 0. The SMILES string of the molecule is Cc1cccc[c]1[Ge][Cl]. The van der Waals surface area contributed by atoms with Crippen molar-refractivity contribution in [3.05, 3.63) is 29.8 Å². The molecule has 9 heavy (non-hydrogen) atoms. The first-order chi connectivity index (χ1) is 4.34. The van der Waals surface area contributed by atoms with E-state index < -0.39 is 0 Å². The molecule has 0 saturated heterocycles. The molecule has 0 amide bonds. The Bertz CT molecular complexity index is 198. The van der Waals surface area contributed by atoms with Crippen LogP contribution in [0.4, 0.5) is 0 Å². The zero-order chi connectivity index (χ0) is 6.69. The third-order valence-corrected chi connectivity index (χ3v) is 3.91. The van der Waals surface area contributed by atoms with Gasteiger partial charge in [-0.05, 0) is 0 Å². The predicted molar refractivity (Wildman–Crippen MR) is 42.4 cm³/mol. The molecule has 0 aliphatic heterocycles. The summed E-state index contributed by atoms with van der Waals surface area (Å²) in [5, 5.41) is 0. The fourth-order valence-electron chi connectivity index (χ4n) is 0.679. The number of hydrogen-bond donors (Lipinski definition) is 0. The van der Waals surface area contributed by atoms with Gasteiger partial charge in [-0.3, -0.25) is 0 Å². The second-order valence-corrected chi connectivity index (χ2v) is 4.42. The van der Waals surface area contributed by atoms with Gasteiger partial charge in [0.25, 0.3) is 0 Å². The van der Waals surface area contributed by atoms with Crippen LogP contribution in [0.5, 0.6) is 0 Å². The van der Waals surface area contributed by atoms with E-state index in [1.165, 1.54) is 9.96 Å². The van der Waals surface area contributed by atoms with Gasteiger partial charge in [0.2, 0.25) is 0 Å². The second kappa shape index (κ2) is 3.28.